The van der Waals surface area contributed by atoms with Crippen molar-refractivity contribution in [3.05, 3.63) is 91.0 Å². The van der Waals surface area contributed by atoms with Crippen LogP contribution in [-0.2, 0) is 0 Å². The molecule has 0 unspecified atom stereocenters. The average Bonchev–Trinajstić information content (AvgIpc) is 2.57. The summed E-state index contributed by atoms with van der Waals surface area (Å²) in [6.45, 7) is 0. The third-order valence-electron chi connectivity index (χ3n) is 2.97. The molecule has 0 spiro atoms. The number of rotatable bonds is 3. The minimum absolute atomic E-state index is 0.434. The van der Waals surface area contributed by atoms with Crippen LogP contribution in [0.5, 0.6) is 5.75 Å². The zero-order valence-electron chi connectivity index (χ0n) is 12.0. The van der Waals surface area contributed by atoms with Gasteiger partial charge in [-0.25, -0.2) is 0 Å². The van der Waals surface area contributed by atoms with E-state index >= 15 is 0 Å². The van der Waals surface area contributed by atoms with E-state index in [4.69, 9.17) is 4.74 Å². The van der Waals surface area contributed by atoms with Gasteiger partial charge in [0.2, 0.25) is 0 Å². The van der Waals surface area contributed by atoms with E-state index < -0.39 is 0 Å². The van der Waals surface area contributed by atoms with Gasteiger partial charge in [-0.3, -0.25) is 0 Å². The molecule has 0 fully saturated rings. The van der Waals surface area contributed by atoms with E-state index in [1.54, 1.807) is 0 Å². The van der Waals surface area contributed by atoms with Crippen molar-refractivity contribution in [2.75, 3.05) is 5.32 Å². The van der Waals surface area contributed by atoms with Gasteiger partial charge >= 0.3 is 0 Å². The second-order valence-corrected chi connectivity index (χ2v) is 4.66. The fraction of sp³-hybridized carbons (Fsp3) is 0. The Kier molecular flexibility index (Phi) is 4.47. The van der Waals surface area contributed by atoms with Gasteiger partial charge in [-0.05, 0) is 36.4 Å². The fourth-order valence-corrected chi connectivity index (χ4v) is 1.94. The molecule has 3 rings (SSSR count). The number of nitrogens with one attached hydrogen (secondary N) is 1. The number of hydrogen-bond acceptors (Lipinski definition) is 2. The first-order valence-corrected chi connectivity index (χ1v) is 7.09. The van der Waals surface area contributed by atoms with Gasteiger partial charge in [0.15, 0.2) is 0 Å². The summed E-state index contributed by atoms with van der Waals surface area (Å²) in [5.41, 5.74) is 1.75. The lowest BCUT2D eigenvalue weighted by atomic mass is 10.3. The Balaban J connectivity index is 1.86. The van der Waals surface area contributed by atoms with Crippen LogP contribution < -0.4 is 10.1 Å². The molecule has 0 aliphatic rings. The number of aliphatic imine (C=N–C) groups is 1. The number of ether oxygens (including phenoxy) is 1. The van der Waals surface area contributed by atoms with E-state index in [1.165, 1.54) is 0 Å². The molecule has 3 heteroatoms. The number of para-hydroxylation sites is 3. The average molecular weight is 288 g/mol. The van der Waals surface area contributed by atoms with Crippen molar-refractivity contribution in [2.24, 2.45) is 4.99 Å². The summed E-state index contributed by atoms with van der Waals surface area (Å²) < 4.78 is 5.86. The highest BCUT2D eigenvalue weighted by Crippen LogP contribution is 2.15. The van der Waals surface area contributed by atoms with Crippen LogP contribution in [-0.4, -0.2) is 6.02 Å². The topological polar surface area (TPSA) is 33.6 Å². The molecule has 3 aromatic rings. The maximum Gasteiger partial charge on any atom is 0.300 e. The minimum Gasteiger partial charge on any atom is -0.426 e. The summed E-state index contributed by atoms with van der Waals surface area (Å²) >= 11 is 0. The molecule has 0 saturated heterocycles. The van der Waals surface area contributed by atoms with Gasteiger partial charge in [0, 0.05) is 5.69 Å². The molecule has 0 aliphatic heterocycles. The van der Waals surface area contributed by atoms with E-state index in [-0.39, 0.29) is 0 Å². The molecule has 22 heavy (non-hydrogen) atoms. The number of anilines is 1. The molecule has 0 aromatic heterocycles. The van der Waals surface area contributed by atoms with Gasteiger partial charge < -0.3 is 10.1 Å². The van der Waals surface area contributed by atoms with Crippen LogP contribution >= 0.6 is 0 Å². The molecule has 0 radical (unpaired) electrons. The predicted octanol–water partition coefficient (Wildman–Crippen LogP) is 4.87. The Labute approximate surface area is 129 Å². The van der Waals surface area contributed by atoms with Crippen molar-refractivity contribution >= 4 is 17.4 Å². The molecule has 0 saturated carbocycles. The van der Waals surface area contributed by atoms with E-state index in [0.29, 0.717) is 6.02 Å². The summed E-state index contributed by atoms with van der Waals surface area (Å²) in [6.07, 6.45) is 0. The molecule has 0 amide bonds. The third-order valence-corrected chi connectivity index (χ3v) is 2.97. The Morgan fingerprint density at radius 1 is 0.682 bits per heavy atom. The van der Waals surface area contributed by atoms with Gasteiger partial charge in [0.05, 0.1) is 5.69 Å². The van der Waals surface area contributed by atoms with Crippen molar-refractivity contribution in [3.8, 4) is 5.75 Å². The monoisotopic (exact) mass is 288 g/mol. The Hall–Kier alpha value is -3.07. The van der Waals surface area contributed by atoms with Crippen molar-refractivity contribution in [3.63, 3.8) is 0 Å². The molecular weight excluding hydrogens is 272 g/mol. The van der Waals surface area contributed by atoms with Gasteiger partial charge in [-0.2, -0.15) is 4.99 Å². The predicted molar refractivity (Wildman–Crippen MR) is 90.7 cm³/mol. The number of nitrogens with zero attached hydrogens (tertiary/aromatic N) is 1. The SMILES string of the molecule is c1ccc(/N=C(/Nc2ccccc2)Oc2ccccc2)cc1. The van der Waals surface area contributed by atoms with Crippen LogP contribution in [0, 0.1) is 0 Å². The lowest BCUT2D eigenvalue weighted by molar-refractivity contribution is 0.549. The highest BCUT2D eigenvalue weighted by molar-refractivity contribution is 5.92. The number of amidine groups is 1. The van der Waals surface area contributed by atoms with Gasteiger partial charge in [0.25, 0.3) is 6.02 Å². The molecule has 0 bridgehead atoms. The molecule has 3 aromatic carbocycles. The molecule has 108 valence electrons. The van der Waals surface area contributed by atoms with Crippen LogP contribution in [0.3, 0.4) is 0 Å². The Bertz CT molecular complexity index is 682. The summed E-state index contributed by atoms with van der Waals surface area (Å²) in [5.74, 6) is 0.737. The third kappa shape index (κ3) is 3.96. The lowest BCUT2D eigenvalue weighted by Crippen LogP contribution is -2.19. The Morgan fingerprint density at radius 3 is 1.86 bits per heavy atom. The smallest absolute Gasteiger partial charge is 0.300 e. The second kappa shape index (κ2) is 7.09. The van der Waals surface area contributed by atoms with E-state index in [0.717, 1.165) is 17.1 Å². The maximum atomic E-state index is 5.86. The largest absolute Gasteiger partial charge is 0.426 e. The fourth-order valence-electron chi connectivity index (χ4n) is 1.94. The summed E-state index contributed by atoms with van der Waals surface area (Å²) in [4.78, 5) is 4.53. The summed E-state index contributed by atoms with van der Waals surface area (Å²) in [5, 5.41) is 3.20. The zero-order valence-corrected chi connectivity index (χ0v) is 12.0. The Morgan fingerprint density at radius 2 is 1.23 bits per heavy atom. The van der Waals surface area contributed by atoms with Crippen molar-refractivity contribution in [1.29, 1.82) is 0 Å². The molecule has 3 nitrogen and oxygen atoms in total. The zero-order chi connectivity index (χ0) is 15.0. The first-order chi connectivity index (χ1) is 10.9. The van der Waals surface area contributed by atoms with Crippen LogP contribution in [0.15, 0.2) is 96.0 Å². The standard InChI is InChI=1S/C19H16N2O/c1-4-10-16(11-5-1)20-19(21-17-12-6-2-7-13-17)22-18-14-8-3-9-15-18/h1-15H,(H,20,21). The molecular formula is C19H16N2O. The lowest BCUT2D eigenvalue weighted by Gasteiger charge is -2.11. The van der Waals surface area contributed by atoms with Crippen LogP contribution in [0.25, 0.3) is 0 Å². The van der Waals surface area contributed by atoms with E-state index in [9.17, 15) is 0 Å². The van der Waals surface area contributed by atoms with E-state index in [1.807, 2.05) is 91.0 Å². The molecule has 1 N–H and O–H groups in total. The van der Waals surface area contributed by atoms with Crippen molar-refractivity contribution in [2.45, 2.75) is 0 Å². The number of benzene rings is 3. The summed E-state index contributed by atoms with van der Waals surface area (Å²) in [7, 11) is 0. The normalized spacial score (nSPS) is 11.0. The molecule has 0 atom stereocenters. The first kappa shape index (κ1) is 13.9. The minimum atomic E-state index is 0.434. The summed E-state index contributed by atoms with van der Waals surface area (Å²) in [6, 6.07) is 29.6. The maximum absolute atomic E-state index is 5.86. The van der Waals surface area contributed by atoms with E-state index in [2.05, 4.69) is 10.3 Å². The van der Waals surface area contributed by atoms with Gasteiger partial charge in [-0.1, -0.05) is 54.6 Å². The van der Waals surface area contributed by atoms with Crippen molar-refractivity contribution in [1.82, 2.24) is 0 Å². The quantitative estimate of drug-likeness (QED) is 0.551. The van der Waals surface area contributed by atoms with Gasteiger partial charge in [0.1, 0.15) is 5.75 Å². The van der Waals surface area contributed by atoms with Crippen LogP contribution in [0.4, 0.5) is 11.4 Å². The number of hydrogen-bond donors (Lipinski definition) is 1. The van der Waals surface area contributed by atoms with Crippen molar-refractivity contribution < 1.29 is 4.74 Å². The highest BCUT2D eigenvalue weighted by atomic mass is 16.5. The second-order valence-electron chi connectivity index (χ2n) is 4.66. The van der Waals surface area contributed by atoms with Gasteiger partial charge in [-0.15, -0.1) is 0 Å². The highest BCUT2D eigenvalue weighted by Gasteiger charge is 2.04. The molecule has 0 heterocycles. The van der Waals surface area contributed by atoms with Crippen LogP contribution in [0.1, 0.15) is 0 Å². The molecule has 0 aliphatic carbocycles. The van der Waals surface area contributed by atoms with Crippen LogP contribution in [0.2, 0.25) is 0 Å². The first-order valence-electron chi connectivity index (χ1n) is 7.09.